The van der Waals surface area contributed by atoms with Crippen LogP contribution in [0.1, 0.15) is 31.4 Å². The molecule has 122 valence electrons. The molecular weight excluding hydrogens is 293 g/mol. The smallest absolute Gasteiger partial charge is 0.340 e. The van der Waals surface area contributed by atoms with Crippen molar-refractivity contribution in [2.45, 2.75) is 44.9 Å². The number of nitrogens with one attached hydrogen (secondary N) is 1. The van der Waals surface area contributed by atoms with E-state index in [1.54, 1.807) is 0 Å². The predicted molar refractivity (Wildman–Crippen MR) is 78.4 cm³/mol. The Bertz CT molecular complexity index is 503. The summed E-state index contributed by atoms with van der Waals surface area (Å²) in [6.45, 7) is 5.42. The molecule has 0 radical (unpaired) electrons. The number of carbonyl (C=O) groups is 1. The van der Waals surface area contributed by atoms with E-state index in [-0.39, 0.29) is 18.0 Å². The predicted octanol–water partition coefficient (Wildman–Crippen LogP) is 2.85. The van der Waals surface area contributed by atoms with Crippen molar-refractivity contribution in [3.63, 3.8) is 0 Å². The summed E-state index contributed by atoms with van der Waals surface area (Å²) in [5, 5.41) is 3.36. The van der Waals surface area contributed by atoms with Crippen molar-refractivity contribution in [2.75, 3.05) is 13.1 Å². The third-order valence-electron chi connectivity index (χ3n) is 3.82. The zero-order valence-electron chi connectivity index (χ0n) is 12.8. The van der Waals surface area contributed by atoms with E-state index in [9.17, 15) is 18.0 Å². The largest absolute Gasteiger partial charge is 0.416 e. The lowest BCUT2D eigenvalue weighted by Crippen LogP contribution is -2.55. The van der Waals surface area contributed by atoms with E-state index in [1.165, 1.54) is 12.1 Å². The summed E-state index contributed by atoms with van der Waals surface area (Å²) >= 11 is 0. The minimum Gasteiger partial charge on any atom is -0.340 e. The van der Waals surface area contributed by atoms with Crippen LogP contribution in [0.3, 0.4) is 0 Å². The van der Waals surface area contributed by atoms with Crippen LogP contribution in [0.2, 0.25) is 0 Å². The number of aryl methyl sites for hydroxylation is 1. The minimum atomic E-state index is -4.32. The van der Waals surface area contributed by atoms with Crippen LogP contribution in [0.15, 0.2) is 24.3 Å². The Kier molecular flexibility index (Phi) is 5.11. The molecule has 0 saturated carbocycles. The molecule has 1 aromatic rings. The summed E-state index contributed by atoms with van der Waals surface area (Å²) in [5.74, 6) is 0.0556. The van der Waals surface area contributed by atoms with E-state index >= 15 is 0 Å². The molecule has 3 nitrogen and oxygen atoms in total. The number of rotatable bonds is 3. The van der Waals surface area contributed by atoms with Crippen LogP contribution in [0.4, 0.5) is 13.2 Å². The fourth-order valence-electron chi connectivity index (χ4n) is 2.80. The van der Waals surface area contributed by atoms with Crippen molar-refractivity contribution in [3.8, 4) is 0 Å². The van der Waals surface area contributed by atoms with Gasteiger partial charge in [0, 0.05) is 31.6 Å². The van der Waals surface area contributed by atoms with Crippen molar-refractivity contribution < 1.29 is 18.0 Å². The molecule has 0 bridgehead atoms. The Morgan fingerprint density at radius 2 is 1.73 bits per heavy atom. The molecule has 2 atom stereocenters. The lowest BCUT2D eigenvalue weighted by Gasteiger charge is -2.36. The number of amides is 1. The SMILES string of the molecule is C[C@@H]1CN(C(=O)CCc2ccc(C(F)(F)F)cc2)C[C@H](C)N1. The molecule has 0 aliphatic carbocycles. The highest BCUT2D eigenvalue weighted by Gasteiger charge is 2.30. The number of nitrogens with zero attached hydrogens (tertiary/aromatic N) is 1. The van der Waals surface area contributed by atoms with Gasteiger partial charge in [0.15, 0.2) is 0 Å². The molecule has 1 N–H and O–H groups in total. The molecule has 1 aromatic carbocycles. The molecule has 0 aromatic heterocycles. The third kappa shape index (κ3) is 4.47. The highest BCUT2D eigenvalue weighted by molar-refractivity contribution is 5.76. The number of hydrogen-bond acceptors (Lipinski definition) is 2. The summed E-state index contributed by atoms with van der Waals surface area (Å²) in [7, 11) is 0. The average Bonchev–Trinajstić information content (AvgIpc) is 2.43. The van der Waals surface area contributed by atoms with Gasteiger partial charge in [0.05, 0.1) is 5.56 Å². The number of alkyl halides is 3. The van der Waals surface area contributed by atoms with Crippen molar-refractivity contribution in [1.82, 2.24) is 10.2 Å². The quantitative estimate of drug-likeness (QED) is 0.930. The van der Waals surface area contributed by atoms with Crippen LogP contribution in [0.5, 0.6) is 0 Å². The highest BCUT2D eigenvalue weighted by atomic mass is 19.4. The van der Waals surface area contributed by atoms with E-state index < -0.39 is 11.7 Å². The van der Waals surface area contributed by atoms with Crippen LogP contribution < -0.4 is 5.32 Å². The van der Waals surface area contributed by atoms with Gasteiger partial charge in [-0.3, -0.25) is 4.79 Å². The summed E-state index contributed by atoms with van der Waals surface area (Å²) in [6.07, 6.45) is -3.53. The van der Waals surface area contributed by atoms with Gasteiger partial charge in [-0.15, -0.1) is 0 Å². The molecule has 1 aliphatic rings. The first-order valence-corrected chi connectivity index (χ1v) is 7.45. The van der Waals surface area contributed by atoms with Crippen molar-refractivity contribution >= 4 is 5.91 Å². The lowest BCUT2D eigenvalue weighted by molar-refractivity contribution is -0.137. The Hall–Kier alpha value is -1.56. The monoisotopic (exact) mass is 314 g/mol. The maximum Gasteiger partial charge on any atom is 0.416 e. The minimum absolute atomic E-state index is 0.0556. The fraction of sp³-hybridized carbons (Fsp3) is 0.562. The van der Waals surface area contributed by atoms with Crippen molar-refractivity contribution in [2.24, 2.45) is 0 Å². The first-order valence-electron chi connectivity index (χ1n) is 7.45. The van der Waals surface area contributed by atoms with Gasteiger partial charge >= 0.3 is 6.18 Å². The zero-order chi connectivity index (χ0) is 16.3. The Balaban J connectivity index is 1.88. The number of piperazine rings is 1. The molecule has 22 heavy (non-hydrogen) atoms. The maximum absolute atomic E-state index is 12.5. The molecule has 6 heteroatoms. The average molecular weight is 314 g/mol. The van der Waals surface area contributed by atoms with Gasteiger partial charge in [-0.2, -0.15) is 13.2 Å². The second kappa shape index (κ2) is 6.69. The molecule has 2 rings (SSSR count). The molecule has 0 spiro atoms. The second-order valence-electron chi connectivity index (χ2n) is 5.96. The van der Waals surface area contributed by atoms with Crippen molar-refractivity contribution in [1.29, 1.82) is 0 Å². The van der Waals surface area contributed by atoms with Crippen LogP contribution in [-0.4, -0.2) is 36.0 Å². The van der Waals surface area contributed by atoms with Gasteiger partial charge in [0.2, 0.25) is 5.91 Å². The topological polar surface area (TPSA) is 32.3 Å². The number of carbonyl (C=O) groups excluding carboxylic acids is 1. The Morgan fingerprint density at radius 3 is 2.23 bits per heavy atom. The van der Waals surface area contributed by atoms with E-state index in [1.807, 2.05) is 18.7 Å². The van der Waals surface area contributed by atoms with Crippen LogP contribution in [0.25, 0.3) is 0 Å². The summed E-state index contributed by atoms with van der Waals surface area (Å²) in [6, 6.07) is 5.54. The molecule has 1 saturated heterocycles. The first-order chi connectivity index (χ1) is 10.3. The second-order valence-corrected chi connectivity index (χ2v) is 5.96. The number of halogens is 3. The standard InChI is InChI=1S/C16H21F3N2O/c1-11-9-21(10-12(2)20-11)15(22)8-5-13-3-6-14(7-4-13)16(17,18)19/h3-4,6-7,11-12,20H,5,8-10H2,1-2H3/t11-,12+. The normalized spacial score (nSPS) is 22.7. The van der Waals surface area contributed by atoms with Gasteiger partial charge in [0.25, 0.3) is 0 Å². The van der Waals surface area contributed by atoms with Crippen LogP contribution in [-0.2, 0) is 17.4 Å². The fourth-order valence-corrected chi connectivity index (χ4v) is 2.80. The van der Waals surface area contributed by atoms with Gasteiger partial charge < -0.3 is 10.2 Å². The summed E-state index contributed by atoms with van der Waals surface area (Å²) in [4.78, 5) is 14.0. The Labute approximate surface area is 128 Å². The molecule has 1 amide bonds. The molecule has 1 heterocycles. The molecule has 0 unspecified atom stereocenters. The number of hydrogen-bond donors (Lipinski definition) is 1. The van der Waals surface area contributed by atoms with Gasteiger partial charge in [-0.05, 0) is 38.0 Å². The molecular formula is C16H21F3N2O. The lowest BCUT2D eigenvalue weighted by atomic mass is 10.1. The van der Waals surface area contributed by atoms with Gasteiger partial charge in [0.1, 0.15) is 0 Å². The summed E-state index contributed by atoms with van der Waals surface area (Å²) in [5.41, 5.74) is 0.0879. The van der Waals surface area contributed by atoms with E-state index in [0.29, 0.717) is 25.9 Å². The zero-order valence-corrected chi connectivity index (χ0v) is 12.8. The van der Waals surface area contributed by atoms with E-state index in [4.69, 9.17) is 0 Å². The van der Waals surface area contributed by atoms with Crippen LogP contribution in [0, 0.1) is 0 Å². The van der Waals surface area contributed by atoms with Gasteiger partial charge in [-0.25, -0.2) is 0 Å². The Morgan fingerprint density at radius 1 is 1.18 bits per heavy atom. The van der Waals surface area contributed by atoms with Crippen molar-refractivity contribution in [3.05, 3.63) is 35.4 Å². The summed E-state index contributed by atoms with van der Waals surface area (Å²) < 4.78 is 37.4. The van der Waals surface area contributed by atoms with Crippen LogP contribution >= 0.6 is 0 Å². The number of benzene rings is 1. The molecule has 1 fully saturated rings. The molecule has 1 aliphatic heterocycles. The maximum atomic E-state index is 12.5. The highest BCUT2D eigenvalue weighted by Crippen LogP contribution is 2.29. The van der Waals surface area contributed by atoms with E-state index in [0.717, 1.165) is 17.7 Å². The van der Waals surface area contributed by atoms with E-state index in [2.05, 4.69) is 5.32 Å². The van der Waals surface area contributed by atoms with Gasteiger partial charge in [-0.1, -0.05) is 12.1 Å². The first kappa shape index (κ1) is 16.8. The third-order valence-corrected chi connectivity index (χ3v) is 3.82.